The number of rotatable bonds is 9. The first kappa shape index (κ1) is 23.9. The number of halogens is 1. The zero-order valence-electron chi connectivity index (χ0n) is 18.7. The summed E-state index contributed by atoms with van der Waals surface area (Å²) in [5.74, 6) is 1.49. The van der Waals surface area contributed by atoms with Crippen molar-refractivity contribution < 1.29 is 9.53 Å². The Morgan fingerprint density at radius 2 is 1.88 bits per heavy atom. The molecular formula is C24H27ClN4O2S. The van der Waals surface area contributed by atoms with E-state index in [2.05, 4.69) is 22.1 Å². The van der Waals surface area contributed by atoms with Crippen LogP contribution in [0.3, 0.4) is 0 Å². The highest BCUT2D eigenvalue weighted by molar-refractivity contribution is 7.99. The summed E-state index contributed by atoms with van der Waals surface area (Å²) in [6.07, 6.45) is 1.42. The van der Waals surface area contributed by atoms with E-state index in [1.165, 1.54) is 11.8 Å². The van der Waals surface area contributed by atoms with Crippen molar-refractivity contribution >= 4 is 35.0 Å². The molecule has 1 aromatic heterocycles. The van der Waals surface area contributed by atoms with Crippen LogP contribution in [-0.4, -0.2) is 26.4 Å². The molecule has 1 atom stereocenters. The Balaban J connectivity index is 1.69. The first-order chi connectivity index (χ1) is 15.3. The van der Waals surface area contributed by atoms with Gasteiger partial charge in [-0.2, -0.15) is 0 Å². The number of aryl methyl sites for hydroxylation is 3. The molecule has 168 valence electrons. The Morgan fingerprint density at radius 3 is 2.50 bits per heavy atom. The number of aromatic nitrogens is 3. The molecule has 1 amide bonds. The topological polar surface area (TPSA) is 69.0 Å². The van der Waals surface area contributed by atoms with Crippen molar-refractivity contribution in [3.63, 3.8) is 0 Å². The van der Waals surface area contributed by atoms with Crippen molar-refractivity contribution in [2.24, 2.45) is 0 Å². The fraction of sp³-hybridized carbons (Fsp3) is 0.292. The van der Waals surface area contributed by atoms with Crippen LogP contribution >= 0.6 is 23.4 Å². The van der Waals surface area contributed by atoms with Gasteiger partial charge in [0, 0.05) is 17.3 Å². The maximum absolute atomic E-state index is 12.4. The normalized spacial score (nSPS) is 11.8. The van der Waals surface area contributed by atoms with Crippen LogP contribution in [0.25, 0.3) is 0 Å². The monoisotopic (exact) mass is 470 g/mol. The average Bonchev–Trinajstić information content (AvgIpc) is 3.15. The highest BCUT2D eigenvalue weighted by atomic mass is 35.5. The Kier molecular flexibility index (Phi) is 7.99. The van der Waals surface area contributed by atoms with E-state index in [0.717, 1.165) is 33.1 Å². The molecule has 0 saturated heterocycles. The summed E-state index contributed by atoms with van der Waals surface area (Å²) in [4.78, 5) is 12.4. The lowest BCUT2D eigenvalue weighted by Gasteiger charge is -2.17. The van der Waals surface area contributed by atoms with Crippen LogP contribution in [0.15, 0.2) is 54.2 Å². The largest absolute Gasteiger partial charge is 0.483 e. The predicted octanol–water partition coefficient (Wildman–Crippen LogP) is 5.91. The minimum atomic E-state index is -0.349. The summed E-state index contributed by atoms with van der Waals surface area (Å²) < 4.78 is 8.04. The highest BCUT2D eigenvalue weighted by Crippen LogP contribution is 2.29. The summed E-state index contributed by atoms with van der Waals surface area (Å²) in [6, 6.07) is 11.5. The van der Waals surface area contributed by atoms with E-state index in [1.807, 2.05) is 68.7 Å². The van der Waals surface area contributed by atoms with Gasteiger partial charge in [-0.05, 0) is 63.1 Å². The third-order valence-corrected chi connectivity index (χ3v) is 6.37. The van der Waals surface area contributed by atoms with Gasteiger partial charge in [0.15, 0.2) is 17.1 Å². The quantitative estimate of drug-likeness (QED) is 0.311. The highest BCUT2D eigenvalue weighted by Gasteiger charge is 2.20. The third-order valence-electron chi connectivity index (χ3n) is 4.81. The zero-order valence-corrected chi connectivity index (χ0v) is 20.3. The van der Waals surface area contributed by atoms with Crippen molar-refractivity contribution in [1.29, 1.82) is 0 Å². The molecule has 0 spiro atoms. The van der Waals surface area contributed by atoms with Crippen LogP contribution in [-0.2, 0) is 11.3 Å². The number of benzene rings is 2. The van der Waals surface area contributed by atoms with E-state index < -0.39 is 0 Å². The average molecular weight is 471 g/mol. The smallest absolute Gasteiger partial charge is 0.234 e. The van der Waals surface area contributed by atoms with Gasteiger partial charge in [0.25, 0.3) is 0 Å². The Morgan fingerprint density at radius 1 is 1.22 bits per heavy atom. The van der Waals surface area contributed by atoms with Crippen LogP contribution < -0.4 is 10.1 Å². The molecule has 0 fully saturated rings. The molecule has 0 bridgehead atoms. The Hall–Kier alpha value is -2.77. The summed E-state index contributed by atoms with van der Waals surface area (Å²) in [7, 11) is 0. The van der Waals surface area contributed by atoms with E-state index in [0.29, 0.717) is 17.5 Å². The SMILES string of the molecule is C=CCn1c(SCC(=O)Nc2ccc(C)cc2)nnc1C(C)Oc1cc(C)c(Cl)c(C)c1. The number of carbonyl (C=O) groups is 1. The van der Waals surface area contributed by atoms with Crippen LogP contribution in [0, 0.1) is 20.8 Å². The van der Waals surface area contributed by atoms with Crippen LogP contribution in [0.1, 0.15) is 35.5 Å². The van der Waals surface area contributed by atoms with E-state index >= 15 is 0 Å². The Labute approximate surface area is 198 Å². The lowest BCUT2D eigenvalue weighted by atomic mass is 10.1. The second kappa shape index (κ2) is 10.7. The van der Waals surface area contributed by atoms with Crippen molar-refractivity contribution in [1.82, 2.24) is 14.8 Å². The van der Waals surface area contributed by atoms with Gasteiger partial charge in [-0.25, -0.2) is 0 Å². The summed E-state index contributed by atoms with van der Waals surface area (Å²) >= 11 is 7.59. The molecule has 0 aliphatic heterocycles. The maximum atomic E-state index is 12.4. The van der Waals surface area contributed by atoms with E-state index in [-0.39, 0.29) is 17.8 Å². The maximum Gasteiger partial charge on any atom is 0.234 e. The van der Waals surface area contributed by atoms with Crippen molar-refractivity contribution in [3.05, 3.63) is 76.6 Å². The van der Waals surface area contributed by atoms with E-state index in [4.69, 9.17) is 16.3 Å². The van der Waals surface area contributed by atoms with Crippen molar-refractivity contribution in [2.75, 3.05) is 11.1 Å². The molecule has 0 saturated carbocycles. The molecule has 8 heteroatoms. The Bertz CT molecular complexity index is 1090. The number of nitrogens with one attached hydrogen (secondary N) is 1. The number of allylic oxidation sites excluding steroid dienone is 1. The molecule has 1 N–H and O–H groups in total. The molecule has 0 radical (unpaired) electrons. The lowest BCUT2D eigenvalue weighted by Crippen LogP contribution is -2.15. The molecule has 0 aliphatic rings. The number of nitrogens with zero attached hydrogens (tertiary/aromatic N) is 3. The van der Waals surface area contributed by atoms with Crippen molar-refractivity contribution in [2.45, 2.75) is 45.5 Å². The number of hydrogen-bond donors (Lipinski definition) is 1. The summed E-state index contributed by atoms with van der Waals surface area (Å²) in [5.41, 5.74) is 3.82. The van der Waals surface area contributed by atoms with Crippen LogP contribution in [0.2, 0.25) is 5.02 Å². The van der Waals surface area contributed by atoms with Gasteiger partial charge in [-0.3, -0.25) is 9.36 Å². The van der Waals surface area contributed by atoms with Gasteiger partial charge in [-0.1, -0.05) is 47.1 Å². The van der Waals surface area contributed by atoms with Gasteiger partial charge < -0.3 is 10.1 Å². The minimum Gasteiger partial charge on any atom is -0.483 e. The molecule has 32 heavy (non-hydrogen) atoms. The lowest BCUT2D eigenvalue weighted by molar-refractivity contribution is -0.113. The number of amides is 1. The molecule has 2 aromatic carbocycles. The van der Waals surface area contributed by atoms with Crippen LogP contribution in [0.4, 0.5) is 5.69 Å². The number of thioether (sulfide) groups is 1. The first-order valence-corrected chi connectivity index (χ1v) is 11.6. The first-order valence-electron chi connectivity index (χ1n) is 10.2. The molecule has 3 aromatic rings. The number of carbonyl (C=O) groups excluding carboxylic acids is 1. The second-order valence-corrected chi connectivity index (χ2v) is 8.89. The number of hydrogen-bond acceptors (Lipinski definition) is 5. The van der Waals surface area contributed by atoms with E-state index in [9.17, 15) is 4.79 Å². The fourth-order valence-corrected chi connectivity index (χ4v) is 4.07. The number of ether oxygens (including phenoxy) is 1. The standard InChI is InChI=1S/C24H27ClN4O2S/c1-6-11-29-23(18(5)31-20-12-16(3)22(25)17(4)13-20)27-28-24(29)32-14-21(30)26-19-9-7-15(2)8-10-19/h6-10,12-13,18H,1,11,14H2,2-5H3,(H,26,30). The van der Waals surface area contributed by atoms with Gasteiger partial charge in [0.1, 0.15) is 5.75 Å². The molecule has 6 nitrogen and oxygen atoms in total. The van der Waals surface area contributed by atoms with Crippen LogP contribution in [0.5, 0.6) is 5.75 Å². The van der Waals surface area contributed by atoms with Gasteiger partial charge in [-0.15, -0.1) is 16.8 Å². The molecular weight excluding hydrogens is 444 g/mol. The molecule has 3 rings (SSSR count). The summed E-state index contributed by atoms with van der Waals surface area (Å²) in [5, 5.41) is 12.9. The fourth-order valence-electron chi connectivity index (χ4n) is 3.20. The molecule has 1 unspecified atom stereocenters. The second-order valence-electron chi connectivity index (χ2n) is 7.57. The minimum absolute atomic E-state index is 0.107. The zero-order chi connectivity index (χ0) is 23.3. The molecule has 1 heterocycles. The van der Waals surface area contributed by atoms with Gasteiger partial charge >= 0.3 is 0 Å². The van der Waals surface area contributed by atoms with Gasteiger partial charge in [0.05, 0.1) is 5.75 Å². The van der Waals surface area contributed by atoms with E-state index in [1.54, 1.807) is 6.08 Å². The third kappa shape index (κ3) is 5.93. The predicted molar refractivity (Wildman–Crippen MR) is 131 cm³/mol. The number of anilines is 1. The molecule has 0 aliphatic carbocycles. The van der Waals surface area contributed by atoms with Crippen molar-refractivity contribution in [3.8, 4) is 5.75 Å². The van der Waals surface area contributed by atoms with Gasteiger partial charge in [0.2, 0.25) is 5.91 Å². The summed E-state index contributed by atoms with van der Waals surface area (Å²) in [6.45, 7) is 12.2.